The highest BCUT2D eigenvalue weighted by molar-refractivity contribution is 6.30. The van der Waals surface area contributed by atoms with Crippen LogP contribution in [0.5, 0.6) is 11.5 Å². The van der Waals surface area contributed by atoms with E-state index in [4.69, 9.17) is 16.3 Å². The number of para-hydroxylation sites is 1. The van der Waals surface area contributed by atoms with Crippen molar-refractivity contribution in [1.29, 1.82) is 0 Å². The molecule has 0 aliphatic heterocycles. The van der Waals surface area contributed by atoms with E-state index < -0.39 is 0 Å². The third-order valence-electron chi connectivity index (χ3n) is 2.20. The van der Waals surface area contributed by atoms with Gasteiger partial charge in [0.2, 0.25) is 0 Å². The summed E-state index contributed by atoms with van der Waals surface area (Å²) in [5, 5.41) is 10.2. The Morgan fingerprint density at radius 3 is 2.38 bits per heavy atom. The monoisotopic (exact) mass is 234 g/mol. The maximum atomic E-state index is 9.53. The molecule has 16 heavy (non-hydrogen) atoms. The van der Waals surface area contributed by atoms with Crippen LogP contribution in [0, 0.1) is 0 Å². The molecular weight excluding hydrogens is 224 g/mol. The maximum Gasteiger partial charge on any atom is 0.122 e. The molecule has 0 fully saturated rings. The quantitative estimate of drug-likeness (QED) is 0.879. The van der Waals surface area contributed by atoms with Crippen molar-refractivity contribution < 1.29 is 9.84 Å². The van der Waals surface area contributed by atoms with Gasteiger partial charge in [-0.2, -0.15) is 0 Å². The van der Waals surface area contributed by atoms with Crippen molar-refractivity contribution in [3.8, 4) is 11.5 Å². The molecule has 2 aromatic carbocycles. The molecule has 0 atom stereocenters. The van der Waals surface area contributed by atoms with Gasteiger partial charge >= 0.3 is 0 Å². The first kappa shape index (κ1) is 10.8. The zero-order chi connectivity index (χ0) is 11.4. The molecule has 82 valence electrons. The topological polar surface area (TPSA) is 29.5 Å². The number of hydrogen-bond donors (Lipinski definition) is 1. The molecule has 2 nitrogen and oxygen atoms in total. The molecule has 0 aliphatic rings. The van der Waals surface area contributed by atoms with Gasteiger partial charge in [-0.25, -0.2) is 0 Å². The van der Waals surface area contributed by atoms with E-state index in [9.17, 15) is 5.11 Å². The zero-order valence-corrected chi connectivity index (χ0v) is 9.32. The van der Waals surface area contributed by atoms with Crippen LogP contribution in [0.25, 0.3) is 0 Å². The van der Waals surface area contributed by atoms with Crippen LogP contribution in [-0.2, 0) is 6.61 Å². The van der Waals surface area contributed by atoms with Crippen LogP contribution >= 0.6 is 11.6 Å². The summed E-state index contributed by atoms with van der Waals surface area (Å²) in [6.45, 7) is 0.342. The Kier molecular flexibility index (Phi) is 3.32. The van der Waals surface area contributed by atoms with Crippen molar-refractivity contribution in [2.75, 3.05) is 0 Å². The lowest BCUT2D eigenvalue weighted by molar-refractivity contribution is 0.299. The number of rotatable bonds is 3. The van der Waals surface area contributed by atoms with Crippen LogP contribution in [-0.4, -0.2) is 5.11 Å². The summed E-state index contributed by atoms with van der Waals surface area (Å²) >= 11 is 5.76. The van der Waals surface area contributed by atoms with Gasteiger partial charge in [0.25, 0.3) is 0 Å². The second-order valence-electron chi connectivity index (χ2n) is 3.37. The fourth-order valence-corrected chi connectivity index (χ4v) is 1.45. The van der Waals surface area contributed by atoms with E-state index in [1.54, 1.807) is 36.4 Å². The molecule has 0 unspecified atom stereocenters. The van der Waals surface area contributed by atoms with E-state index in [2.05, 4.69) is 0 Å². The molecule has 0 saturated heterocycles. The summed E-state index contributed by atoms with van der Waals surface area (Å²) in [6.07, 6.45) is 0. The second kappa shape index (κ2) is 4.90. The molecule has 0 heterocycles. The zero-order valence-electron chi connectivity index (χ0n) is 8.56. The van der Waals surface area contributed by atoms with Crippen LogP contribution in [0.3, 0.4) is 0 Å². The van der Waals surface area contributed by atoms with Crippen LogP contribution in [0.1, 0.15) is 5.56 Å². The average molecular weight is 235 g/mol. The highest BCUT2D eigenvalue weighted by Gasteiger charge is 2.00. The van der Waals surface area contributed by atoms with Crippen molar-refractivity contribution in [1.82, 2.24) is 0 Å². The minimum atomic E-state index is 0.247. The number of hydrogen-bond acceptors (Lipinski definition) is 2. The highest BCUT2D eigenvalue weighted by atomic mass is 35.5. The lowest BCUT2D eigenvalue weighted by atomic mass is 10.2. The minimum absolute atomic E-state index is 0.247. The molecular formula is C13H11ClO2. The number of benzene rings is 2. The van der Waals surface area contributed by atoms with Crippen LogP contribution in [0.2, 0.25) is 5.02 Å². The molecule has 0 aromatic heterocycles. The predicted octanol–water partition coefficient (Wildman–Crippen LogP) is 3.62. The smallest absolute Gasteiger partial charge is 0.122 e. The summed E-state index contributed by atoms with van der Waals surface area (Å²) in [5.41, 5.74) is 0.762. The van der Waals surface area contributed by atoms with Gasteiger partial charge in [-0.1, -0.05) is 29.8 Å². The first-order chi connectivity index (χ1) is 7.75. The Labute approximate surface area is 99.1 Å². The van der Waals surface area contributed by atoms with Gasteiger partial charge in [-0.05, 0) is 30.3 Å². The maximum absolute atomic E-state index is 9.53. The van der Waals surface area contributed by atoms with Gasteiger partial charge < -0.3 is 9.84 Å². The van der Waals surface area contributed by atoms with E-state index >= 15 is 0 Å². The third kappa shape index (κ3) is 2.67. The van der Waals surface area contributed by atoms with Crippen LogP contribution in [0.15, 0.2) is 48.5 Å². The first-order valence-electron chi connectivity index (χ1n) is 4.91. The fourth-order valence-electron chi connectivity index (χ4n) is 1.32. The first-order valence-corrected chi connectivity index (χ1v) is 5.29. The summed E-state index contributed by atoms with van der Waals surface area (Å²) in [6, 6.07) is 14.2. The molecule has 0 radical (unpaired) electrons. The molecule has 0 saturated carbocycles. The Hall–Kier alpha value is -1.67. The number of halogens is 1. The van der Waals surface area contributed by atoms with Crippen molar-refractivity contribution in [2.45, 2.75) is 6.61 Å². The van der Waals surface area contributed by atoms with Crippen molar-refractivity contribution >= 4 is 11.6 Å². The predicted molar refractivity (Wildman–Crippen MR) is 63.9 cm³/mol. The van der Waals surface area contributed by atoms with Gasteiger partial charge in [0.05, 0.1) is 0 Å². The largest absolute Gasteiger partial charge is 0.508 e. The molecule has 1 N–H and O–H groups in total. The van der Waals surface area contributed by atoms with E-state index in [1.165, 1.54) is 0 Å². The fraction of sp³-hybridized carbons (Fsp3) is 0.0769. The Morgan fingerprint density at radius 2 is 1.69 bits per heavy atom. The number of ether oxygens (including phenoxy) is 1. The van der Waals surface area contributed by atoms with Gasteiger partial charge in [-0.3, -0.25) is 0 Å². The van der Waals surface area contributed by atoms with Crippen molar-refractivity contribution in [3.63, 3.8) is 0 Å². The van der Waals surface area contributed by atoms with Crippen LogP contribution < -0.4 is 4.74 Å². The Balaban J connectivity index is 2.02. The van der Waals surface area contributed by atoms with E-state index in [0.717, 1.165) is 11.3 Å². The summed E-state index contributed by atoms with van der Waals surface area (Å²) in [4.78, 5) is 0. The standard InChI is InChI=1S/C13H11ClO2/c14-11-5-7-12(8-6-11)16-9-10-3-1-2-4-13(10)15/h1-8,15H,9H2. The van der Waals surface area contributed by atoms with Crippen LogP contribution in [0.4, 0.5) is 0 Å². The molecule has 0 amide bonds. The lowest BCUT2D eigenvalue weighted by Gasteiger charge is -2.07. The normalized spacial score (nSPS) is 10.1. The average Bonchev–Trinajstić information content (AvgIpc) is 2.30. The molecule has 0 aliphatic carbocycles. The molecule has 0 spiro atoms. The molecule has 2 aromatic rings. The second-order valence-corrected chi connectivity index (χ2v) is 3.81. The number of phenols is 1. The number of phenolic OH excluding ortho intramolecular Hbond substituents is 1. The van der Waals surface area contributed by atoms with Gasteiger partial charge in [0, 0.05) is 10.6 Å². The van der Waals surface area contributed by atoms with E-state index in [-0.39, 0.29) is 5.75 Å². The Morgan fingerprint density at radius 1 is 1.00 bits per heavy atom. The number of aromatic hydroxyl groups is 1. The van der Waals surface area contributed by atoms with Gasteiger partial charge in [0.15, 0.2) is 0 Å². The summed E-state index contributed by atoms with van der Waals surface area (Å²) < 4.78 is 5.51. The lowest BCUT2D eigenvalue weighted by Crippen LogP contribution is -1.95. The summed E-state index contributed by atoms with van der Waals surface area (Å²) in [5.74, 6) is 0.976. The minimum Gasteiger partial charge on any atom is -0.508 e. The van der Waals surface area contributed by atoms with Gasteiger partial charge in [-0.15, -0.1) is 0 Å². The van der Waals surface area contributed by atoms with Crippen molar-refractivity contribution in [3.05, 3.63) is 59.1 Å². The van der Waals surface area contributed by atoms with Gasteiger partial charge in [0.1, 0.15) is 18.1 Å². The third-order valence-corrected chi connectivity index (χ3v) is 2.45. The molecule has 3 heteroatoms. The SMILES string of the molecule is Oc1ccccc1COc1ccc(Cl)cc1. The highest BCUT2D eigenvalue weighted by Crippen LogP contribution is 2.20. The Bertz CT molecular complexity index is 466. The van der Waals surface area contributed by atoms with E-state index in [0.29, 0.717) is 11.6 Å². The van der Waals surface area contributed by atoms with Crippen molar-refractivity contribution in [2.24, 2.45) is 0 Å². The molecule has 2 rings (SSSR count). The summed E-state index contributed by atoms with van der Waals surface area (Å²) in [7, 11) is 0. The molecule has 0 bridgehead atoms. The van der Waals surface area contributed by atoms with E-state index in [1.807, 2.05) is 12.1 Å².